The second-order valence-corrected chi connectivity index (χ2v) is 5.40. The van der Waals surface area contributed by atoms with Crippen molar-refractivity contribution >= 4 is 17.6 Å². The van der Waals surface area contributed by atoms with E-state index < -0.39 is 5.97 Å². The Morgan fingerprint density at radius 1 is 1.33 bits per heavy atom. The maximum absolute atomic E-state index is 12.2. The van der Waals surface area contributed by atoms with Crippen molar-refractivity contribution in [2.45, 2.75) is 26.2 Å². The number of hydrogen-bond acceptors (Lipinski definition) is 4. The molecule has 1 aromatic rings. The minimum Gasteiger partial charge on any atom is -0.482 e. The van der Waals surface area contributed by atoms with Gasteiger partial charge < -0.3 is 14.8 Å². The Bertz CT molecular complexity index is 515. The van der Waals surface area contributed by atoms with Gasteiger partial charge in [-0.25, -0.2) is 4.79 Å². The highest BCUT2D eigenvalue weighted by Crippen LogP contribution is 2.32. The van der Waals surface area contributed by atoms with Gasteiger partial charge in [-0.1, -0.05) is 19.4 Å². The normalized spacial score (nSPS) is 20.9. The van der Waals surface area contributed by atoms with E-state index >= 15 is 0 Å². The molecule has 1 aliphatic rings. The molecule has 0 bridgehead atoms. The van der Waals surface area contributed by atoms with Gasteiger partial charge in [0, 0.05) is 17.7 Å². The molecule has 1 saturated carbocycles. The molecule has 0 aromatic heterocycles. The Kier molecular flexibility index (Phi) is 5.20. The third kappa shape index (κ3) is 4.21. The molecular formula is C16H21NO4. The summed E-state index contributed by atoms with van der Waals surface area (Å²) < 4.78 is 9.81. The summed E-state index contributed by atoms with van der Waals surface area (Å²) in [6, 6.07) is 7.03. The van der Waals surface area contributed by atoms with Crippen LogP contribution in [0.5, 0.6) is 5.75 Å². The van der Waals surface area contributed by atoms with Gasteiger partial charge in [0.1, 0.15) is 5.75 Å². The first kappa shape index (κ1) is 15.4. The zero-order valence-electron chi connectivity index (χ0n) is 12.4. The van der Waals surface area contributed by atoms with Crippen LogP contribution in [0.1, 0.15) is 26.2 Å². The molecule has 2 unspecified atom stereocenters. The molecule has 2 rings (SSSR count). The Morgan fingerprint density at radius 2 is 2.14 bits per heavy atom. The van der Waals surface area contributed by atoms with E-state index in [4.69, 9.17) is 4.74 Å². The highest BCUT2D eigenvalue weighted by Gasteiger charge is 2.29. The zero-order chi connectivity index (χ0) is 15.2. The van der Waals surface area contributed by atoms with Crippen molar-refractivity contribution in [2.24, 2.45) is 11.8 Å². The van der Waals surface area contributed by atoms with E-state index in [-0.39, 0.29) is 18.4 Å². The molecule has 2 atom stereocenters. The highest BCUT2D eigenvalue weighted by atomic mass is 16.6. The minimum absolute atomic E-state index is 0.0603. The van der Waals surface area contributed by atoms with Gasteiger partial charge in [-0.3, -0.25) is 4.79 Å². The number of anilines is 1. The predicted octanol–water partition coefficient (Wildman–Crippen LogP) is 2.61. The summed E-state index contributed by atoms with van der Waals surface area (Å²) in [7, 11) is 1.31. The number of carbonyl (C=O) groups excluding carboxylic acids is 2. The van der Waals surface area contributed by atoms with Gasteiger partial charge in [0.2, 0.25) is 5.91 Å². The van der Waals surface area contributed by atoms with Crippen LogP contribution < -0.4 is 10.1 Å². The van der Waals surface area contributed by atoms with E-state index in [2.05, 4.69) is 17.0 Å². The van der Waals surface area contributed by atoms with Gasteiger partial charge in [0.15, 0.2) is 6.61 Å². The van der Waals surface area contributed by atoms with E-state index in [0.29, 0.717) is 17.4 Å². The number of nitrogens with one attached hydrogen (secondary N) is 1. The standard InChI is InChI=1S/C16H21NO4/c1-11-5-3-8-14(11)16(19)17-12-6-4-7-13(9-12)21-10-15(18)20-2/h4,6-7,9,11,14H,3,5,8,10H2,1-2H3,(H,17,19). The maximum Gasteiger partial charge on any atom is 0.343 e. The lowest BCUT2D eigenvalue weighted by Gasteiger charge is -2.15. The highest BCUT2D eigenvalue weighted by molar-refractivity contribution is 5.93. The number of carbonyl (C=O) groups is 2. The maximum atomic E-state index is 12.2. The summed E-state index contributed by atoms with van der Waals surface area (Å²) in [6.07, 6.45) is 3.17. The molecule has 5 heteroatoms. The largest absolute Gasteiger partial charge is 0.482 e. The van der Waals surface area contributed by atoms with E-state index in [0.717, 1.165) is 19.3 Å². The summed E-state index contributed by atoms with van der Waals surface area (Å²) in [4.78, 5) is 23.3. The molecule has 21 heavy (non-hydrogen) atoms. The lowest BCUT2D eigenvalue weighted by molar-refractivity contribution is -0.142. The van der Waals surface area contributed by atoms with Gasteiger partial charge in [-0.05, 0) is 30.9 Å². The van der Waals surface area contributed by atoms with Gasteiger partial charge in [0.25, 0.3) is 0 Å². The molecule has 1 aliphatic carbocycles. The number of ether oxygens (including phenoxy) is 2. The second-order valence-electron chi connectivity index (χ2n) is 5.40. The summed E-state index contributed by atoms with van der Waals surface area (Å²) in [5.41, 5.74) is 0.682. The molecule has 0 spiro atoms. The molecule has 0 aliphatic heterocycles. The molecule has 0 radical (unpaired) electrons. The summed E-state index contributed by atoms with van der Waals surface area (Å²) in [5, 5.41) is 2.92. The van der Waals surface area contributed by atoms with Crippen molar-refractivity contribution in [3.8, 4) is 5.75 Å². The third-order valence-corrected chi connectivity index (χ3v) is 3.88. The molecule has 1 aromatic carbocycles. The fourth-order valence-corrected chi connectivity index (χ4v) is 2.63. The zero-order valence-corrected chi connectivity index (χ0v) is 12.4. The Morgan fingerprint density at radius 3 is 2.81 bits per heavy atom. The third-order valence-electron chi connectivity index (χ3n) is 3.88. The molecule has 0 heterocycles. The van der Waals surface area contributed by atoms with Gasteiger partial charge in [-0.15, -0.1) is 0 Å². The second kappa shape index (κ2) is 7.11. The Hall–Kier alpha value is -2.04. The Labute approximate surface area is 124 Å². The van der Waals surface area contributed by atoms with Crippen molar-refractivity contribution in [3.63, 3.8) is 0 Å². The molecule has 0 saturated heterocycles. The van der Waals surface area contributed by atoms with Crippen molar-refractivity contribution in [3.05, 3.63) is 24.3 Å². The van der Waals surface area contributed by atoms with Crippen LogP contribution in [-0.4, -0.2) is 25.6 Å². The minimum atomic E-state index is -0.441. The van der Waals surface area contributed by atoms with Crippen LogP contribution in [0.4, 0.5) is 5.69 Å². The van der Waals surface area contributed by atoms with Gasteiger partial charge in [0.05, 0.1) is 7.11 Å². The molecule has 1 N–H and O–H groups in total. The van der Waals surface area contributed by atoms with Crippen molar-refractivity contribution in [1.29, 1.82) is 0 Å². The van der Waals surface area contributed by atoms with Crippen LogP contribution in [0.25, 0.3) is 0 Å². The van der Waals surface area contributed by atoms with Crippen LogP contribution in [0, 0.1) is 11.8 Å². The topological polar surface area (TPSA) is 64.6 Å². The van der Waals surface area contributed by atoms with E-state index in [9.17, 15) is 9.59 Å². The number of benzene rings is 1. The Balaban J connectivity index is 1.94. The van der Waals surface area contributed by atoms with E-state index in [1.54, 1.807) is 18.2 Å². The van der Waals surface area contributed by atoms with Crippen LogP contribution in [-0.2, 0) is 14.3 Å². The quantitative estimate of drug-likeness (QED) is 0.847. The molecule has 5 nitrogen and oxygen atoms in total. The predicted molar refractivity (Wildman–Crippen MR) is 79.1 cm³/mol. The molecular weight excluding hydrogens is 270 g/mol. The number of amides is 1. The molecule has 114 valence electrons. The van der Waals surface area contributed by atoms with Crippen LogP contribution in [0.15, 0.2) is 24.3 Å². The first-order chi connectivity index (χ1) is 10.1. The first-order valence-electron chi connectivity index (χ1n) is 7.20. The molecule has 1 fully saturated rings. The molecule has 1 amide bonds. The summed E-state index contributed by atoms with van der Waals surface area (Å²) in [6.45, 7) is 1.97. The van der Waals surface area contributed by atoms with Crippen LogP contribution in [0.3, 0.4) is 0 Å². The van der Waals surface area contributed by atoms with Crippen molar-refractivity contribution < 1.29 is 19.1 Å². The van der Waals surface area contributed by atoms with Gasteiger partial charge in [-0.2, -0.15) is 0 Å². The van der Waals surface area contributed by atoms with E-state index in [1.807, 2.05) is 6.07 Å². The lowest BCUT2D eigenvalue weighted by atomic mass is 9.97. The fraction of sp³-hybridized carbons (Fsp3) is 0.500. The fourth-order valence-electron chi connectivity index (χ4n) is 2.63. The summed E-state index contributed by atoms with van der Waals surface area (Å²) >= 11 is 0. The van der Waals surface area contributed by atoms with E-state index in [1.165, 1.54) is 7.11 Å². The summed E-state index contributed by atoms with van der Waals surface area (Å²) in [5.74, 6) is 0.667. The number of esters is 1. The van der Waals surface area contributed by atoms with Crippen molar-refractivity contribution in [1.82, 2.24) is 0 Å². The average molecular weight is 291 g/mol. The number of methoxy groups -OCH3 is 1. The monoisotopic (exact) mass is 291 g/mol. The smallest absolute Gasteiger partial charge is 0.343 e. The van der Waals surface area contributed by atoms with Crippen molar-refractivity contribution in [2.75, 3.05) is 19.0 Å². The number of hydrogen-bond donors (Lipinski definition) is 1. The first-order valence-corrected chi connectivity index (χ1v) is 7.20. The SMILES string of the molecule is COC(=O)COc1cccc(NC(=O)C2CCCC2C)c1. The lowest BCUT2D eigenvalue weighted by Crippen LogP contribution is -2.24. The van der Waals surface area contributed by atoms with Gasteiger partial charge >= 0.3 is 5.97 Å². The van der Waals surface area contributed by atoms with Crippen LogP contribution >= 0.6 is 0 Å². The average Bonchev–Trinajstić information content (AvgIpc) is 2.91. The number of rotatable bonds is 5. The van der Waals surface area contributed by atoms with Crippen LogP contribution in [0.2, 0.25) is 0 Å².